The number of hydrogen-bond acceptors (Lipinski definition) is 6. The van der Waals surface area contributed by atoms with E-state index in [9.17, 15) is 9.59 Å². The quantitative estimate of drug-likeness (QED) is 0.712. The van der Waals surface area contributed by atoms with Crippen molar-refractivity contribution in [2.24, 2.45) is 0 Å². The number of carbonyl (C=O) groups is 2. The van der Waals surface area contributed by atoms with Crippen molar-refractivity contribution in [2.45, 2.75) is 19.0 Å². The summed E-state index contributed by atoms with van der Waals surface area (Å²) in [4.78, 5) is 28.5. The summed E-state index contributed by atoms with van der Waals surface area (Å²) >= 11 is 0. The van der Waals surface area contributed by atoms with E-state index in [1.807, 2.05) is 0 Å². The summed E-state index contributed by atoms with van der Waals surface area (Å²) in [6.45, 7) is 1.16. The number of carbonyl (C=O) groups excluding carboxylic acids is 2. The molecule has 0 spiro atoms. The van der Waals surface area contributed by atoms with Gasteiger partial charge in [-0.2, -0.15) is 0 Å². The van der Waals surface area contributed by atoms with E-state index in [1.54, 1.807) is 4.90 Å². The minimum atomic E-state index is -0.483. The first kappa shape index (κ1) is 13.1. The maximum atomic E-state index is 12.0. The van der Waals surface area contributed by atoms with Crippen LogP contribution in [0.4, 0.5) is 10.7 Å². The number of rotatable bonds is 3. The van der Waals surface area contributed by atoms with Crippen LogP contribution in [0.2, 0.25) is 0 Å². The van der Waals surface area contributed by atoms with Crippen LogP contribution in [0.25, 0.3) is 0 Å². The predicted octanol–water partition coefficient (Wildman–Crippen LogP) is -1.18. The maximum Gasteiger partial charge on any atom is 0.407 e. The predicted molar refractivity (Wildman–Crippen MR) is 65.0 cm³/mol. The second-order valence-corrected chi connectivity index (χ2v) is 4.26. The lowest BCUT2D eigenvalue weighted by atomic mass is 10.3. The summed E-state index contributed by atoms with van der Waals surface area (Å²) in [6, 6.07) is -0.0720. The van der Waals surface area contributed by atoms with Gasteiger partial charge in [-0.05, 0) is 6.42 Å². The molecule has 9 nitrogen and oxygen atoms in total. The molecule has 1 saturated heterocycles. The molecule has 3 N–H and O–H groups in total. The van der Waals surface area contributed by atoms with Gasteiger partial charge in [-0.25, -0.2) is 14.5 Å². The number of nitrogen functional groups attached to an aromatic ring is 1. The molecule has 2 heterocycles. The number of ether oxygens (including phenoxy) is 1. The highest BCUT2D eigenvalue weighted by molar-refractivity contribution is 5.76. The highest BCUT2D eigenvalue weighted by Gasteiger charge is 2.27. The van der Waals surface area contributed by atoms with Gasteiger partial charge in [-0.1, -0.05) is 0 Å². The third-order valence-corrected chi connectivity index (χ3v) is 2.90. The first-order chi connectivity index (χ1) is 9.08. The smallest absolute Gasteiger partial charge is 0.407 e. The number of likely N-dealkylation sites (tertiary alicyclic amines) is 1. The minimum absolute atomic E-state index is 0.0720. The Labute approximate surface area is 109 Å². The van der Waals surface area contributed by atoms with Gasteiger partial charge in [0.25, 0.3) is 0 Å². The number of hydrogen-bond donors (Lipinski definition) is 2. The highest BCUT2D eigenvalue weighted by Crippen LogP contribution is 2.10. The molecule has 1 aliphatic rings. The molecule has 9 heteroatoms. The van der Waals surface area contributed by atoms with Gasteiger partial charge in [0, 0.05) is 13.1 Å². The van der Waals surface area contributed by atoms with E-state index in [0.29, 0.717) is 19.5 Å². The van der Waals surface area contributed by atoms with Gasteiger partial charge >= 0.3 is 6.09 Å². The lowest BCUT2D eigenvalue weighted by Gasteiger charge is -2.16. The van der Waals surface area contributed by atoms with Crippen molar-refractivity contribution < 1.29 is 14.3 Å². The second-order valence-electron chi connectivity index (χ2n) is 4.26. The normalized spacial score (nSPS) is 18.4. The molecular weight excluding hydrogens is 252 g/mol. The molecule has 1 unspecified atom stereocenters. The summed E-state index contributed by atoms with van der Waals surface area (Å²) in [7, 11) is 1.31. The fourth-order valence-corrected chi connectivity index (χ4v) is 1.95. The highest BCUT2D eigenvalue weighted by atomic mass is 16.5. The van der Waals surface area contributed by atoms with E-state index in [1.165, 1.54) is 18.1 Å². The monoisotopic (exact) mass is 268 g/mol. The Kier molecular flexibility index (Phi) is 3.83. The van der Waals surface area contributed by atoms with E-state index in [-0.39, 0.29) is 24.4 Å². The Balaban J connectivity index is 1.83. The molecule has 2 amide bonds. The Hall–Kier alpha value is -2.32. The van der Waals surface area contributed by atoms with Gasteiger partial charge in [0.1, 0.15) is 12.9 Å². The molecule has 2 rings (SSSR count). The minimum Gasteiger partial charge on any atom is -0.453 e. The van der Waals surface area contributed by atoms with E-state index in [0.717, 1.165) is 0 Å². The molecule has 1 fully saturated rings. The molecule has 104 valence electrons. The van der Waals surface area contributed by atoms with E-state index < -0.39 is 6.09 Å². The number of nitrogens with zero attached hydrogens (tertiary/aromatic N) is 4. The Morgan fingerprint density at radius 1 is 1.63 bits per heavy atom. The van der Waals surface area contributed by atoms with Crippen molar-refractivity contribution in [2.75, 3.05) is 25.9 Å². The number of nitrogens with two attached hydrogens (primary N) is 1. The summed E-state index contributed by atoms with van der Waals surface area (Å²) < 4.78 is 5.90. The lowest BCUT2D eigenvalue weighted by Crippen LogP contribution is -2.39. The average molecular weight is 268 g/mol. The van der Waals surface area contributed by atoms with E-state index in [4.69, 9.17) is 5.73 Å². The maximum absolute atomic E-state index is 12.0. The van der Waals surface area contributed by atoms with E-state index in [2.05, 4.69) is 20.1 Å². The van der Waals surface area contributed by atoms with Gasteiger partial charge in [0.2, 0.25) is 11.9 Å². The molecule has 1 aromatic rings. The summed E-state index contributed by atoms with van der Waals surface area (Å²) in [5, 5.41) is 6.52. The standard InChI is InChI=1S/C10H16N6O3/c1-19-10(18)13-7-2-3-15(4-7)8(17)5-16-6-12-9(11)14-16/h6-7H,2-5H2,1H3,(H2,11,14)(H,13,18). The molecule has 0 radical (unpaired) electrons. The third kappa shape index (κ3) is 3.33. The van der Waals surface area contributed by atoms with Crippen molar-refractivity contribution in [1.29, 1.82) is 0 Å². The Morgan fingerprint density at radius 2 is 2.42 bits per heavy atom. The molecule has 1 aromatic heterocycles. The fraction of sp³-hybridized carbons (Fsp3) is 0.600. The van der Waals surface area contributed by atoms with Crippen LogP contribution in [0.1, 0.15) is 6.42 Å². The largest absolute Gasteiger partial charge is 0.453 e. The SMILES string of the molecule is COC(=O)NC1CCN(C(=O)Cn2cnc(N)n2)C1. The molecule has 0 saturated carbocycles. The molecule has 1 atom stereocenters. The number of aromatic nitrogens is 3. The number of alkyl carbamates (subject to hydrolysis) is 1. The molecule has 19 heavy (non-hydrogen) atoms. The molecule has 0 bridgehead atoms. The average Bonchev–Trinajstić information content (AvgIpc) is 2.98. The van der Waals surface area contributed by atoms with Gasteiger partial charge in [0.05, 0.1) is 13.2 Å². The van der Waals surface area contributed by atoms with Gasteiger partial charge in [-0.3, -0.25) is 4.79 Å². The van der Waals surface area contributed by atoms with Crippen LogP contribution in [0.15, 0.2) is 6.33 Å². The van der Waals surface area contributed by atoms with Crippen LogP contribution in [0, 0.1) is 0 Å². The molecule has 0 aromatic carbocycles. The van der Waals surface area contributed by atoms with Crippen molar-refractivity contribution >= 4 is 17.9 Å². The molecular formula is C10H16N6O3. The van der Waals surface area contributed by atoms with Crippen molar-refractivity contribution in [3.63, 3.8) is 0 Å². The van der Waals surface area contributed by atoms with Crippen LogP contribution >= 0.6 is 0 Å². The van der Waals surface area contributed by atoms with Crippen LogP contribution in [0.3, 0.4) is 0 Å². The van der Waals surface area contributed by atoms with Crippen molar-refractivity contribution in [3.05, 3.63) is 6.33 Å². The molecule has 1 aliphatic heterocycles. The zero-order valence-electron chi connectivity index (χ0n) is 10.6. The lowest BCUT2D eigenvalue weighted by molar-refractivity contribution is -0.131. The van der Waals surface area contributed by atoms with Crippen molar-refractivity contribution in [1.82, 2.24) is 25.0 Å². The number of methoxy groups -OCH3 is 1. The van der Waals surface area contributed by atoms with Crippen LogP contribution in [-0.4, -0.2) is 57.9 Å². The van der Waals surface area contributed by atoms with Crippen LogP contribution in [-0.2, 0) is 16.1 Å². The van der Waals surface area contributed by atoms with Crippen LogP contribution < -0.4 is 11.1 Å². The Bertz CT molecular complexity index is 474. The first-order valence-corrected chi connectivity index (χ1v) is 5.85. The number of nitrogens with one attached hydrogen (secondary N) is 1. The van der Waals surface area contributed by atoms with Crippen LogP contribution in [0.5, 0.6) is 0 Å². The van der Waals surface area contributed by atoms with Gasteiger partial charge < -0.3 is 20.7 Å². The summed E-state index contributed by atoms with van der Waals surface area (Å²) in [5.74, 6) is 0.0542. The first-order valence-electron chi connectivity index (χ1n) is 5.85. The fourth-order valence-electron chi connectivity index (χ4n) is 1.95. The van der Waals surface area contributed by atoms with Gasteiger partial charge in [0.15, 0.2) is 0 Å². The van der Waals surface area contributed by atoms with Gasteiger partial charge in [-0.15, -0.1) is 5.10 Å². The Morgan fingerprint density at radius 3 is 3.05 bits per heavy atom. The summed E-state index contributed by atoms with van der Waals surface area (Å²) in [5.41, 5.74) is 5.37. The summed E-state index contributed by atoms with van der Waals surface area (Å²) in [6.07, 6.45) is 1.64. The van der Waals surface area contributed by atoms with E-state index >= 15 is 0 Å². The number of amides is 2. The second kappa shape index (κ2) is 5.55. The zero-order chi connectivity index (χ0) is 13.8. The zero-order valence-corrected chi connectivity index (χ0v) is 10.6. The third-order valence-electron chi connectivity index (χ3n) is 2.90. The number of anilines is 1. The van der Waals surface area contributed by atoms with Crippen molar-refractivity contribution in [3.8, 4) is 0 Å². The topological polar surface area (TPSA) is 115 Å². The molecule has 0 aliphatic carbocycles.